The van der Waals surface area contributed by atoms with E-state index in [1.165, 1.54) is 11.3 Å². The highest BCUT2D eigenvalue weighted by atomic mass is 35.5. The van der Waals surface area contributed by atoms with Crippen molar-refractivity contribution in [3.63, 3.8) is 0 Å². The van der Waals surface area contributed by atoms with E-state index >= 15 is 0 Å². The lowest BCUT2D eigenvalue weighted by atomic mass is 10.1. The minimum atomic E-state index is -0.306. The molecule has 2 aromatic heterocycles. The van der Waals surface area contributed by atoms with Crippen LogP contribution in [0.2, 0.25) is 20.1 Å². The fraction of sp³-hybridized carbons (Fsp3) is 0.0435. The molecule has 0 bridgehead atoms. The monoisotopic (exact) mass is 520 g/mol. The normalized spacial score (nSPS) is 11.4. The molecule has 5 aromatic rings. The van der Waals surface area contributed by atoms with Crippen LogP contribution in [-0.4, -0.2) is 10.9 Å². The van der Waals surface area contributed by atoms with E-state index in [4.69, 9.17) is 50.8 Å². The molecule has 2 heterocycles. The second-order valence-corrected chi connectivity index (χ2v) is 9.78. The molecule has 0 aliphatic rings. The predicted octanol–water partition coefficient (Wildman–Crippen LogP) is 8.88. The van der Waals surface area contributed by atoms with Gasteiger partial charge in [-0.1, -0.05) is 58.5 Å². The quantitative estimate of drug-likeness (QED) is 0.258. The first kappa shape index (κ1) is 21.6. The number of nitrogens with zero attached hydrogens (tertiary/aromatic N) is 1. The van der Waals surface area contributed by atoms with Gasteiger partial charge in [0.25, 0.3) is 5.91 Å². The van der Waals surface area contributed by atoms with E-state index in [-0.39, 0.29) is 5.91 Å². The topological polar surface area (TPSA) is 55.1 Å². The molecule has 0 aliphatic carbocycles. The summed E-state index contributed by atoms with van der Waals surface area (Å²) in [6.45, 7) is 1.88. The van der Waals surface area contributed by atoms with Crippen LogP contribution in [0.3, 0.4) is 0 Å². The fourth-order valence-electron chi connectivity index (χ4n) is 3.44. The van der Waals surface area contributed by atoms with E-state index in [0.29, 0.717) is 47.6 Å². The summed E-state index contributed by atoms with van der Waals surface area (Å²) in [6, 6.07) is 14.1. The van der Waals surface area contributed by atoms with E-state index in [0.717, 1.165) is 21.2 Å². The Morgan fingerprint density at radius 1 is 1.03 bits per heavy atom. The number of benzene rings is 3. The molecule has 3 aromatic carbocycles. The second-order valence-electron chi connectivity index (χ2n) is 7.07. The van der Waals surface area contributed by atoms with Gasteiger partial charge < -0.3 is 9.73 Å². The Morgan fingerprint density at radius 2 is 1.84 bits per heavy atom. The fourth-order valence-corrected chi connectivity index (χ4v) is 5.65. The summed E-state index contributed by atoms with van der Waals surface area (Å²) in [4.78, 5) is 18.0. The number of oxazole rings is 1. The highest BCUT2D eigenvalue weighted by molar-refractivity contribution is 7.21. The van der Waals surface area contributed by atoms with Gasteiger partial charge in [0.15, 0.2) is 5.58 Å². The van der Waals surface area contributed by atoms with Crippen LogP contribution in [0.5, 0.6) is 0 Å². The zero-order chi connectivity index (χ0) is 22.6. The minimum Gasteiger partial charge on any atom is -0.434 e. The van der Waals surface area contributed by atoms with Crippen LogP contribution in [0.1, 0.15) is 15.2 Å². The molecular formula is C23H12Cl4N2O2S. The molecule has 1 N–H and O–H groups in total. The van der Waals surface area contributed by atoms with Crippen molar-refractivity contribution >= 4 is 90.5 Å². The van der Waals surface area contributed by atoms with Crippen LogP contribution in [0, 0.1) is 6.92 Å². The van der Waals surface area contributed by atoms with Gasteiger partial charge in [0, 0.05) is 31.4 Å². The first-order valence-electron chi connectivity index (χ1n) is 9.36. The standard InChI is InChI=1S/C23H12Cl4N2O2S/c1-10-13(23-29-17-8-12(25)7-15(26)20(17)31-23)3-2-4-16(10)28-22(30)21-19(27)14-6-5-11(24)9-18(14)32-21/h2-9H,1H3,(H,28,30). The molecule has 0 aliphatic heterocycles. The maximum absolute atomic E-state index is 13.0. The zero-order valence-electron chi connectivity index (χ0n) is 16.3. The van der Waals surface area contributed by atoms with Crippen LogP contribution in [0.4, 0.5) is 5.69 Å². The average molecular weight is 522 g/mol. The zero-order valence-corrected chi connectivity index (χ0v) is 20.1. The Kier molecular flexibility index (Phi) is 5.56. The molecular weight excluding hydrogens is 510 g/mol. The van der Waals surface area contributed by atoms with Crippen LogP contribution in [0.25, 0.3) is 32.6 Å². The van der Waals surface area contributed by atoms with Crippen LogP contribution in [-0.2, 0) is 0 Å². The Labute approximate surface area is 206 Å². The minimum absolute atomic E-state index is 0.306. The van der Waals surface area contributed by atoms with Crippen molar-refractivity contribution in [1.29, 1.82) is 0 Å². The molecule has 4 nitrogen and oxygen atoms in total. The number of halogens is 4. The Balaban J connectivity index is 1.51. The molecule has 9 heteroatoms. The van der Waals surface area contributed by atoms with Gasteiger partial charge in [0.05, 0.1) is 10.0 Å². The number of hydrogen-bond donors (Lipinski definition) is 1. The maximum atomic E-state index is 13.0. The molecule has 0 saturated heterocycles. The van der Waals surface area contributed by atoms with Crippen molar-refractivity contribution in [3.8, 4) is 11.5 Å². The number of carbonyl (C=O) groups is 1. The summed E-state index contributed by atoms with van der Waals surface area (Å²) in [5.41, 5.74) is 3.14. The van der Waals surface area contributed by atoms with Gasteiger partial charge in [-0.2, -0.15) is 0 Å². The van der Waals surface area contributed by atoms with Gasteiger partial charge in [0.2, 0.25) is 5.89 Å². The lowest BCUT2D eigenvalue weighted by Crippen LogP contribution is -2.12. The number of hydrogen-bond acceptors (Lipinski definition) is 4. The van der Waals surface area contributed by atoms with E-state index in [2.05, 4.69) is 10.3 Å². The third kappa shape index (κ3) is 3.74. The highest BCUT2D eigenvalue weighted by Gasteiger charge is 2.20. The molecule has 0 saturated carbocycles. The number of thiophene rings is 1. The first-order valence-corrected chi connectivity index (χ1v) is 11.7. The average Bonchev–Trinajstić information content (AvgIpc) is 3.30. The molecule has 160 valence electrons. The summed E-state index contributed by atoms with van der Waals surface area (Å²) >= 11 is 26.1. The number of nitrogens with one attached hydrogen (secondary N) is 1. The largest absolute Gasteiger partial charge is 0.434 e. The SMILES string of the molecule is Cc1c(NC(=O)c2sc3cc(Cl)ccc3c2Cl)cccc1-c1nc2cc(Cl)cc(Cl)c2o1. The Hall–Kier alpha value is -2.28. The van der Waals surface area contributed by atoms with Crippen molar-refractivity contribution in [3.05, 3.63) is 79.1 Å². The van der Waals surface area contributed by atoms with Crippen molar-refractivity contribution in [1.82, 2.24) is 4.98 Å². The number of carbonyl (C=O) groups excluding carboxylic acids is 1. The second kappa shape index (κ2) is 8.25. The van der Waals surface area contributed by atoms with Crippen LogP contribution < -0.4 is 5.32 Å². The predicted molar refractivity (Wildman–Crippen MR) is 134 cm³/mol. The highest BCUT2D eigenvalue weighted by Crippen LogP contribution is 2.38. The summed E-state index contributed by atoms with van der Waals surface area (Å²) in [6.07, 6.45) is 0. The van der Waals surface area contributed by atoms with Crippen molar-refractivity contribution in [2.24, 2.45) is 0 Å². The van der Waals surface area contributed by atoms with E-state index in [1.54, 1.807) is 30.3 Å². The smallest absolute Gasteiger partial charge is 0.267 e. The third-order valence-electron chi connectivity index (χ3n) is 5.02. The number of fused-ring (bicyclic) bond motifs is 2. The van der Waals surface area contributed by atoms with Gasteiger partial charge in [0.1, 0.15) is 10.4 Å². The van der Waals surface area contributed by atoms with Crippen LogP contribution in [0.15, 0.2) is 52.9 Å². The molecule has 5 rings (SSSR count). The first-order chi connectivity index (χ1) is 15.3. The molecule has 32 heavy (non-hydrogen) atoms. The number of amides is 1. The van der Waals surface area contributed by atoms with Gasteiger partial charge in [-0.25, -0.2) is 4.98 Å². The van der Waals surface area contributed by atoms with Gasteiger partial charge >= 0.3 is 0 Å². The van der Waals surface area contributed by atoms with E-state index < -0.39 is 0 Å². The summed E-state index contributed by atoms with van der Waals surface area (Å²) in [5, 5.41) is 5.58. The number of aromatic nitrogens is 1. The summed E-state index contributed by atoms with van der Waals surface area (Å²) in [5.74, 6) is 0.0762. The molecule has 0 radical (unpaired) electrons. The lowest BCUT2D eigenvalue weighted by molar-refractivity contribution is 0.103. The van der Waals surface area contributed by atoms with Crippen molar-refractivity contribution in [2.75, 3.05) is 5.32 Å². The molecule has 1 amide bonds. The van der Waals surface area contributed by atoms with Crippen molar-refractivity contribution in [2.45, 2.75) is 6.92 Å². The number of anilines is 1. The molecule has 0 atom stereocenters. The van der Waals surface area contributed by atoms with Crippen LogP contribution >= 0.6 is 57.7 Å². The summed E-state index contributed by atoms with van der Waals surface area (Å²) < 4.78 is 6.74. The van der Waals surface area contributed by atoms with Gasteiger partial charge in [-0.15, -0.1) is 11.3 Å². The number of rotatable bonds is 3. The van der Waals surface area contributed by atoms with Gasteiger partial charge in [-0.05, 0) is 48.9 Å². The Morgan fingerprint density at radius 3 is 2.66 bits per heavy atom. The van der Waals surface area contributed by atoms with E-state index in [9.17, 15) is 4.79 Å². The van der Waals surface area contributed by atoms with Gasteiger partial charge in [-0.3, -0.25) is 4.79 Å². The maximum Gasteiger partial charge on any atom is 0.267 e. The Bertz CT molecular complexity index is 1540. The van der Waals surface area contributed by atoms with E-state index in [1.807, 2.05) is 25.1 Å². The molecule has 0 fully saturated rings. The third-order valence-corrected chi connectivity index (χ3v) is 7.41. The van der Waals surface area contributed by atoms with Crippen molar-refractivity contribution < 1.29 is 9.21 Å². The molecule has 0 unspecified atom stereocenters. The lowest BCUT2D eigenvalue weighted by Gasteiger charge is -2.10. The summed E-state index contributed by atoms with van der Waals surface area (Å²) in [7, 11) is 0. The molecule has 0 spiro atoms.